The van der Waals surface area contributed by atoms with Crippen molar-refractivity contribution in [3.8, 4) is 22.7 Å². The van der Waals surface area contributed by atoms with Crippen molar-refractivity contribution in [3.63, 3.8) is 0 Å². The average Bonchev–Trinajstić information content (AvgIpc) is 3.64. The first-order chi connectivity index (χ1) is 19.5. The van der Waals surface area contributed by atoms with Crippen molar-refractivity contribution in [2.24, 2.45) is 0 Å². The summed E-state index contributed by atoms with van der Waals surface area (Å²) in [4.78, 5) is 28.1. The third-order valence-corrected chi connectivity index (χ3v) is 6.25. The molecule has 2 heterocycles. The third kappa shape index (κ3) is 6.44. The minimum absolute atomic E-state index is 0.101. The molecule has 0 saturated heterocycles. The Bertz CT molecular complexity index is 1560. The van der Waals surface area contributed by atoms with E-state index in [9.17, 15) is 14.0 Å². The van der Waals surface area contributed by atoms with E-state index in [-0.39, 0.29) is 31.2 Å². The van der Waals surface area contributed by atoms with Crippen molar-refractivity contribution >= 4 is 17.6 Å². The Hall–Kier alpha value is -5.18. The van der Waals surface area contributed by atoms with Gasteiger partial charge in [0.15, 0.2) is 0 Å². The molecule has 0 atom stereocenters. The number of benzene rings is 3. The minimum atomic E-state index is -0.419. The molecule has 0 aliphatic heterocycles. The fourth-order valence-electron chi connectivity index (χ4n) is 4.21. The summed E-state index contributed by atoms with van der Waals surface area (Å²) in [5.74, 6) is 0.588. The highest BCUT2D eigenvalue weighted by molar-refractivity contribution is 5.95. The number of aromatic nitrogens is 2. The molecule has 0 saturated carbocycles. The number of carbonyl (C=O) groups is 2. The van der Waals surface area contributed by atoms with Crippen LogP contribution in [0.4, 0.5) is 10.2 Å². The lowest BCUT2D eigenvalue weighted by Gasteiger charge is -2.21. The van der Waals surface area contributed by atoms with Gasteiger partial charge in [0.05, 0.1) is 37.7 Å². The molecule has 5 rings (SSSR count). The minimum Gasteiger partial charge on any atom is -0.497 e. The van der Waals surface area contributed by atoms with Crippen LogP contribution in [0.15, 0.2) is 108 Å². The van der Waals surface area contributed by atoms with Crippen LogP contribution in [0.25, 0.3) is 16.9 Å². The third-order valence-electron chi connectivity index (χ3n) is 6.25. The Kier molecular flexibility index (Phi) is 8.01. The number of anilines is 1. The van der Waals surface area contributed by atoms with Gasteiger partial charge in [-0.15, -0.1) is 0 Å². The van der Waals surface area contributed by atoms with Crippen LogP contribution < -0.4 is 10.1 Å². The fraction of sp³-hybridized carbons (Fsp3) is 0.129. The van der Waals surface area contributed by atoms with Crippen LogP contribution in [0.1, 0.15) is 11.3 Å². The summed E-state index contributed by atoms with van der Waals surface area (Å²) >= 11 is 0. The van der Waals surface area contributed by atoms with Crippen LogP contribution in [0.2, 0.25) is 0 Å². The molecule has 40 heavy (non-hydrogen) atoms. The van der Waals surface area contributed by atoms with E-state index in [1.54, 1.807) is 49.6 Å². The lowest BCUT2D eigenvalue weighted by Crippen LogP contribution is -2.38. The molecule has 0 aliphatic carbocycles. The molecular formula is C31H27FN4O4. The largest absolute Gasteiger partial charge is 0.497 e. The summed E-state index contributed by atoms with van der Waals surface area (Å²) < 4.78 is 25.8. The quantitative estimate of drug-likeness (QED) is 0.254. The maximum absolute atomic E-state index is 13.6. The van der Waals surface area contributed by atoms with Gasteiger partial charge in [0.1, 0.15) is 29.7 Å². The van der Waals surface area contributed by atoms with E-state index in [1.807, 2.05) is 42.5 Å². The second kappa shape index (κ2) is 12.1. The topological polar surface area (TPSA) is 89.6 Å². The van der Waals surface area contributed by atoms with Gasteiger partial charge in [-0.05, 0) is 54.1 Å². The van der Waals surface area contributed by atoms with E-state index in [2.05, 4.69) is 10.4 Å². The number of nitrogens with zero attached hydrogens (tertiary/aromatic N) is 3. The highest BCUT2D eigenvalue weighted by Gasteiger charge is 2.21. The fourth-order valence-corrected chi connectivity index (χ4v) is 4.21. The Labute approximate surface area is 230 Å². The first-order valence-electron chi connectivity index (χ1n) is 12.6. The monoisotopic (exact) mass is 538 g/mol. The zero-order valence-electron chi connectivity index (χ0n) is 21.8. The number of amides is 2. The van der Waals surface area contributed by atoms with Crippen molar-refractivity contribution < 1.29 is 23.1 Å². The maximum Gasteiger partial charge on any atom is 0.245 e. The van der Waals surface area contributed by atoms with E-state index in [0.29, 0.717) is 28.7 Å². The van der Waals surface area contributed by atoms with Gasteiger partial charge < -0.3 is 19.4 Å². The molecule has 3 aromatic carbocycles. The molecule has 8 nitrogen and oxygen atoms in total. The molecule has 202 valence electrons. The number of rotatable bonds is 10. The van der Waals surface area contributed by atoms with Crippen LogP contribution in [0, 0.1) is 5.82 Å². The van der Waals surface area contributed by atoms with E-state index in [4.69, 9.17) is 9.15 Å². The van der Waals surface area contributed by atoms with Crippen LogP contribution in [0.5, 0.6) is 5.75 Å². The standard InChI is InChI=1S/C31H27FN4O4/c1-39-26-15-9-22(10-16-26)18-31(38)35(20-27-8-5-17-40-27)21-30(37)33-29-19-28(23-6-3-2-4-7-23)34-36(29)25-13-11-24(32)12-14-25/h2-17,19H,18,20-21H2,1H3,(H,33,37). The predicted molar refractivity (Wildman–Crippen MR) is 148 cm³/mol. The van der Waals surface area contributed by atoms with Crippen LogP contribution >= 0.6 is 0 Å². The molecule has 2 aromatic heterocycles. The molecule has 1 N–H and O–H groups in total. The summed E-state index contributed by atoms with van der Waals surface area (Å²) in [5.41, 5.74) is 2.84. The summed E-state index contributed by atoms with van der Waals surface area (Å²) in [6.45, 7) is -0.0904. The van der Waals surface area contributed by atoms with Gasteiger partial charge in [-0.1, -0.05) is 42.5 Å². The van der Waals surface area contributed by atoms with Gasteiger partial charge >= 0.3 is 0 Å². The molecule has 0 spiro atoms. The number of furan rings is 1. The van der Waals surface area contributed by atoms with Crippen molar-refractivity contribution in [2.45, 2.75) is 13.0 Å². The van der Waals surface area contributed by atoms with Crippen molar-refractivity contribution in [3.05, 3.63) is 120 Å². The summed E-state index contributed by atoms with van der Waals surface area (Å²) in [7, 11) is 1.58. The summed E-state index contributed by atoms with van der Waals surface area (Å²) in [5, 5.41) is 7.54. The zero-order valence-corrected chi connectivity index (χ0v) is 21.8. The molecular weight excluding hydrogens is 511 g/mol. The van der Waals surface area contributed by atoms with Crippen LogP contribution in [-0.2, 0) is 22.6 Å². The van der Waals surface area contributed by atoms with Crippen molar-refractivity contribution in [1.82, 2.24) is 14.7 Å². The highest BCUT2D eigenvalue weighted by atomic mass is 19.1. The number of nitrogens with one attached hydrogen (secondary N) is 1. The van der Waals surface area contributed by atoms with E-state index >= 15 is 0 Å². The van der Waals surface area contributed by atoms with Gasteiger partial charge in [0.25, 0.3) is 0 Å². The number of halogens is 1. The SMILES string of the molecule is COc1ccc(CC(=O)N(CC(=O)Nc2cc(-c3ccccc3)nn2-c2ccc(F)cc2)Cc2ccco2)cc1. The predicted octanol–water partition coefficient (Wildman–Crippen LogP) is 5.49. The average molecular weight is 539 g/mol. The van der Waals surface area contributed by atoms with Gasteiger partial charge in [-0.25, -0.2) is 9.07 Å². The zero-order chi connectivity index (χ0) is 27.9. The highest BCUT2D eigenvalue weighted by Crippen LogP contribution is 2.25. The lowest BCUT2D eigenvalue weighted by molar-refractivity contribution is -0.135. The number of methoxy groups -OCH3 is 1. The molecule has 0 aliphatic rings. The van der Waals surface area contributed by atoms with Crippen LogP contribution in [0.3, 0.4) is 0 Å². The molecule has 5 aromatic rings. The second-order valence-electron chi connectivity index (χ2n) is 9.07. The number of ether oxygens (including phenoxy) is 1. The smallest absolute Gasteiger partial charge is 0.245 e. The Morgan fingerprint density at radius 3 is 2.40 bits per heavy atom. The first-order valence-corrected chi connectivity index (χ1v) is 12.6. The lowest BCUT2D eigenvalue weighted by atomic mass is 10.1. The molecule has 9 heteroatoms. The Morgan fingerprint density at radius 1 is 0.975 bits per heavy atom. The van der Waals surface area contributed by atoms with E-state index in [1.165, 1.54) is 28.0 Å². The maximum atomic E-state index is 13.6. The number of carbonyl (C=O) groups excluding carboxylic acids is 2. The normalized spacial score (nSPS) is 10.8. The van der Waals surface area contributed by atoms with Crippen LogP contribution in [-0.4, -0.2) is 40.1 Å². The van der Waals surface area contributed by atoms with E-state index in [0.717, 1.165) is 11.1 Å². The summed E-state index contributed by atoms with van der Waals surface area (Å²) in [6.07, 6.45) is 1.62. The summed E-state index contributed by atoms with van der Waals surface area (Å²) in [6, 6.07) is 27.7. The molecule has 0 bridgehead atoms. The van der Waals surface area contributed by atoms with Crippen molar-refractivity contribution in [2.75, 3.05) is 19.0 Å². The van der Waals surface area contributed by atoms with Gasteiger partial charge in [0.2, 0.25) is 11.8 Å². The van der Waals surface area contributed by atoms with Gasteiger partial charge in [-0.3, -0.25) is 9.59 Å². The molecule has 0 radical (unpaired) electrons. The molecule has 0 fully saturated rings. The Balaban J connectivity index is 1.38. The van der Waals surface area contributed by atoms with E-state index < -0.39 is 5.91 Å². The molecule has 0 unspecified atom stereocenters. The number of hydrogen-bond acceptors (Lipinski definition) is 5. The number of hydrogen-bond donors (Lipinski definition) is 1. The Morgan fingerprint density at radius 2 is 1.73 bits per heavy atom. The second-order valence-corrected chi connectivity index (χ2v) is 9.07. The first kappa shape index (κ1) is 26.4. The van der Waals surface area contributed by atoms with Crippen molar-refractivity contribution in [1.29, 1.82) is 0 Å². The molecule has 2 amide bonds. The van der Waals surface area contributed by atoms with Gasteiger partial charge in [-0.2, -0.15) is 5.10 Å². The van der Waals surface area contributed by atoms with Gasteiger partial charge in [0, 0.05) is 11.6 Å².